The molecule has 0 unspecified atom stereocenters. The van der Waals surface area contributed by atoms with Crippen LogP contribution >= 0.6 is 0 Å². The highest BCUT2D eigenvalue weighted by Gasteiger charge is 2.34. The second kappa shape index (κ2) is 6.52. The predicted octanol–water partition coefficient (Wildman–Crippen LogP) is 2.89. The minimum absolute atomic E-state index is 0.123. The van der Waals surface area contributed by atoms with Gasteiger partial charge in [0.25, 0.3) is 10.2 Å². The van der Waals surface area contributed by atoms with Crippen LogP contribution in [0.15, 0.2) is 36.4 Å². The molecule has 1 fully saturated rings. The molecule has 120 valence electrons. The molecular weight excluding hydrogens is 296 g/mol. The molecule has 3 rings (SSSR count). The van der Waals surface area contributed by atoms with Crippen LogP contribution in [-0.4, -0.2) is 42.7 Å². The lowest BCUT2D eigenvalue weighted by atomic mass is 10.0. The second-order valence-corrected chi connectivity index (χ2v) is 8.05. The van der Waals surface area contributed by atoms with Gasteiger partial charge in [-0.2, -0.15) is 17.0 Å². The number of piperidine rings is 1. The highest BCUT2D eigenvalue weighted by Crippen LogP contribution is 2.27. The third-order valence-corrected chi connectivity index (χ3v) is 6.80. The molecule has 1 aromatic rings. The monoisotopic (exact) mass is 320 g/mol. The zero-order chi connectivity index (χ0) is 15.6. The fraction of sp³-hybridized carbons (Fsp3) is 0.529. The summed E-state index contributed by atoms with van der Waals surface area (Å²) in [6.45, 7) is 3.74. The van der Waals surface area contributed by atoms with Crippen molar-refractivity contribution in [1.82, 2.24) is 8.61 Å². The van der Waals surface area contributed by atoms with Gasteiger partial charge in [-0.05, 0) is 37.3 Å². The van der Waals surface area contributed by atoms with Crippen LogP contribution in [0.3, 0.4) is 0 Å². The Kier molecular flexibility index (Phi) is 4.66. The van der Waals surface area contributed by atoms with Gasteiger partial charge in [0, 0.05) is 25.7 Å². The molecule has 0 N–H and O–H groups in total. The van der Waals surface area contributed by atoms with Crippen LogP contribution in [-0.2, 0) is 10.2 Å². The minimum Gasteiger partial charge on any atom is -0.195 e. The average Bonchev–Trinajstić information content (AvgIpc) is 2.56. The van der Waals surface area contributed by atoms with Gasteiger partial charge in [0.15, 0.2) is 0 Å². The summed E-state index contributed by atoms with van der Waals surface area (Å²) in [5.41, 5.74) is 2.45. The van der Waals surface area contributed by atoms with Crippen LogP contribution in [0.4, 0.5) is 0 Å². The van der Waals surface area contributed by atoms with Crippen molar-refractivity contribution in [2.24, 2.45) is 0 Å². The zero-order valence-electron chi connectivity index (χ0n) is 13.1. The molecule has 1 saturated heterocycles. The van der Waals surface area contributed by atoms with E-state index in [0.29, 0.717) is 19.6 Å². The number of hydrogen-bond donors (Lipinski definition) is 0. The highest BCUT2D eigenvalue weighted by molar-refractivity contribution is 7.86. The molecule has 2 aliphatic rings. The van der Waals surface area contributed by atoms with Gasteiger partial charge in [0.05, 0.1) is 0 Å². The topological polar surface area (TPSA) is 40.6 Å². The molecule has 1 atom stereocenters. The summed E-state index contributed by atoms with van der Waals surface area (Å²) in [6.07, 6.45) is 5.92. The van der Waals surface area contributed by atoms with Crippen molar-refractivity contribution in [3.05, 3.63) is 42.0 Å². The van der Waals surface area contributed by atoms with Crippen LogP contribution in [0.1, 0.15) is 38.2 Å². The van der Waals surface area contributed by atoms with Crippen LogP contribution < -0.4 is 0 Å². The molecule has 5 heteroatoms. The highest BCUT2D eigenvalue weighted by atomic mass is 32.2. The van der Waals surface area contributed by atoms with Crippen LogP contribution in [0.25, 0.3) is 5.57 Å². The van der Waals surface area contributed by atoms with Gasteiger partial charge < -0.3 is 0 Å². The van der Waals surface area contributed by atoms with Gasteiger partial charge in [-0.3, -0.25) is 0 Å². The van der Waals surface area contributed by atoms with Crippen molar-refractivity contribution < 1.29 is 8.42 Å². The molecule has 0 saturated carbocycles. The van der Waals surface area contributed by atoms with E-state index in [2.05, 4.69) is 18.2 Å². The Morgan fingerprint density at radius 1 is 1.09 bits per heavy atom. The van der Waals surface area contributed by atoms with E-state index in [1.54, 1.807) is 8.61 Å². The molecular formula is C17H24N2O2S. The molecule has 0 aliphatic carbocycles. The Morgan fingerprint density at radius 2 is 1.86 bits per heavy atom. The fourth-order valence-corrected chi connectivity index (χ4v) is 5.14. The van der Waals surface area contributed by atoms with Crippen molar-refractivity contribution in [3.63, 3.8) is 0 Å². The lowest BCUT2D eigenvalue weighted by Crippen LogP contribution is -2.50. The number of nitrogens with zero attached hydrogens (tertiary/aromatic N) is 2. The maximum Gasteiger partial charge on any atom is 0.282 e. The summed E-state index contributed by atoms with van der Waals surface area (Å²) < 4.78 is 29.0. The van der Waals surface area contributed by atoms with Gasteiger partial charge in [-0.25, -0.2) is 0 Å². The van der Waals surface area contributed by atoms with Crippen molar-refractivity contribution in [2.75, 3.05) is 19.6 Å². The van der Waals surface area contributed by atoms with E-state index in [4.69, 9.17) is 0 Å². The summed E-state index contributed by atoms with van der Waals surface area (Å²) in [6, 6.07) is 10.3. The van der Waals surface area contributed by atoms with E-state index in [0.717, 1.165) is 25.7 Å². The van der Waals surface area contributed by atoms with E-state index in [9.17, 15) is 8.42 Å². The maximum atomic E-state index is 12.8. The zero-order valence-corrected chi connectivity index (χ0v) is 13.9. The molecule has 0 aromatic heterocycles. The number of benzene rings is 1. The quantitative estimate of drug-likeness (QED) is 0.859. The minimum atomic E-state index is -3.32. The van der Waals surface area contributed by atoms with E-state index in [1.165, 1.54) is 11.1 Å². The van der Waals surface area contributed by atoms with E-state index < -0.39 is 10.2 Å². The Hall–Kier alpha value is -1.17. The summed E-state index contributed by atoms with van der Waals surface area (Å²) in [7, 11) is -3.32. The first kappa shape index (κ1) is 15.7. The lowest BCUT2D eigenvalue weighted by Gasteiger charge is -2.37. The second-order valence-electron chi connectivity index (χ2n) is 6.17. The van der Waals surface area contributed by atoms with E-state index >= 15 is 0 Å². The van der Waals surface area contributed by atoms with E-state index in [-0.39, 0.29) is 6.04 Å². The van der Waals surface area contributed by atoms with Crippen molar-refractivity contribution in [1.29, 1.82) is 0 Å². The first-order valence-corrected chi connectivity index (χ1v) is 9.50. The fourth-order valence-electron chi connectivity index (χ4n) is 3.34. The SMILES string of the molecule is C[C@@H]1CCCCN1S(=O)(=O)N1CC=C(c2ccccc2)CC1. The maximum absolute atomic E-state index is 12.8. The Labute approximate surface area is 133 Å². The summed E-state index contributed by atoms with van der Waals surface area (Å²) in [5, 5.41) is 0. The standard InChI is InChI=1S/C17H24N2O2S/c1-15-7-5-6-12-19(15)22(20,21)18-13-10-17(11-14-18)16-8-3-2-4-9-16/h2-4,8-10,15H,5-7,11-14H2,1H3/t15-/m1/s1. The van der Waals surface area contributed by atoms with Crippen LogP contribution in [0, 0.1) is 0 Å². The molecule has 0 amide bonds. The molecule has 0 spiro atoms. The molecule has 2 heterocycles. The summed E-state index contributed by atoms with van der Waals surface area (Å²) >= 11 is 0. The third kappa shape index (κ3) is 3.12. The van der Waals surface area contributed by atoms with Gasteiger partial charge >= 0.3 is 0 Å². The molecule has 22 heavy (non-hydrogen) atoms. The number of rotatable bonds is 3. The summed E-state index contributed by atoms with van der Waals surface area (Å²) in [4.78, 5) is 0. The predicted molar refractivity (Wildman–Crippen MR) is 89.5 cm³/mol. The van der Waals surface area contributed by atoms with Gasteiger partial charge in [-0.15, -0.1) is 0 Å². The Balaban J connectivity index is 1.74. The molecule has 4 nitrogen and oxygen atoms in total. The first-order chi connectivity index (χ1) is 10.6. The third-order valence-electron chi connectivity index (χ3n) is 4.68. The normalized spacial score (nSPS) is 25.0. The van der Waals surface area contributed by atoms with Gasteiger partial charge in [0.2, 0.25) is 0 Å². The number of hydrogen-bond acceptors (Lipinski definition) is 2. The lowest BCUT2D eigenvalue weighted by molar-refractivity contribution is 0.247. The largest absolute Gasteiger partial charge is 0.282 e. The van der Waals surface area contributed by atoms with Crippen molar-refractivity contribution in [2.45, 2.75) is 38.6 Å². The van der Waals surface area contributed by atoms with Crippen LogP contribution in [0.5, 0.6) is 0 Å². The first-order valence-electron chi connectivity index (χ1n) is 8.10. The van der Waals surface area contributed by atoms with Crippen LogP contribution in [0.2, 0.25) is 0 Å². The van der Waals surface area contributed by atoms with E-state index in [1.807, 2.05) is 25.1 Å². The summed E-state index contributed by atoms with van der Waals surface area (Å²) in [5.74, 6) is 0. The molecule has 0 bridgehead atoms. The Bertz CT molecular complexity index is 640. The average molecular weight is 320 g/mol. The van der Waals surface area contributed by atoms with Gasteiger partial charge in [-0.1, -0.05) is 42.8 Å². The Morgan fingerprint density at radius 3 is 2.50 bits per heavy atom. The smallest absolute Gasteiger partial charge is 0.195 e. The van der Waals surface area contributed by atoms with Crippen molar-refractivity contribution >= 4 is 15.8 Å². The molecule has 1 aromatic carbocycles. The van der Waals surface area contributed by atoms with Gasteiger partial charge in [0.1, 0.15) is 0 Å². The molecule has 2 aliphatic heterocycles. The van der Waals surface area contributed by atoms with Crippen molar-refractivity contribution in [3.8, 4) is 0 Å². The molecule has 0 radical (unpaired) electrons.